The van der Waals surface area contributed by atoms with Crippen molar-refractivity contribution in [2.24, 2.45) is 11.8 Å². The van der Waals surface area contributed by atoms with E-state index < -0.39 is 74.6 Å². The van der Waals surface area contributed by atoms with E-state index in [0.29, 0.717) is 24.7 Å². The number of aliphatic hydroxyl groups excluding tert-OH is 8. The number of ether oxygens (including phenoxy) is 8. The zero-order chi connectivity index (χ0) is 34.3. The van der Waals surface area contributed by atoms with Gasteiger partial charge in [0.25, 0.3) is 0 Å². The Kier molecular flexibility index (Phi) is 10.6. The lowest BCUT2D eigenvalue weighted by molar-refractivity contribution is -0.277. The molecule has 0 unspecified atom stereocenters. The van der Waals surface area contributed by atoms with Crippen LogP contribution in [0.2, 0.25) is 0 Å². The molecule has 6 rings (SSSR count). The van der Waals surface area contributed by atoms with Crippen molar-refractivity contribution in [1.82, 2.24) is 0 Å². The van der Waals surface area contributed by atoms with Crippen molar-refractivity contribution in [3.05, 3.63) is 47.5 Å². The van der Waals surface area contributed by atoms with E-state index in [1.165, 1.54) is 14.2 Å². The molecule has 4 heterocycles. The molecule has 0 saturated carbocycles. The summed E-state index contributed by atoms with van der Waals surface area (Å²) in [4.78, 5) is 0. The number of hydrogen-bond donors (Lipinski definition) is 8. The summed E-state index contributed by atoms with van der Waals surface area (Å²) < 4.78 is 46.1. The van der Waals surface area contributed by atoms with Crippen molar-refractivity contribution in [2.45, 2.75) is 73.6 Å². The molecule has 2 aromatic rings. The summed E-state index contributed by atoms with van der Waals surface area (Å²) in [6.07, 6.45) is -15.0. The number of methoxy groups -OCH3 is 2. The van der Waals surface area contributed by atoms with E-state index in [1.807, 2.05) is 0 Å². The van der Waals surface area contributed by atoms with Crippen LogP contribution in [0.1, 0.15) is 23.3 Å². The zero-order valence-electron chi connectivity index (χ0n) is 26.2. The van der Waals surface area contributed by atoms with Crippen molar-refractivity contribution < 1.29 is 78.7 Å². The van der Waals surface area contributed by atoms with Gasteiger partial charge in [0, 0.05) is 11.8 Å². The quantitative estimate of drug-likeness (QED) is 0.137. The molecule has 0 bridgehead atoms. The van der Waals surface area contributed by atoms with Gasteiger partial charge in [0.05, 0.1) is 52.9 Å². The lowest BCUT2D eigenvalue weighted by Gasteiger charge is -2.39. The topological polar surface area (TPSA) is 236 Å². The number of fused-ring (bicyclic) bond motifs is 1. The standard InChI is InChI=1S/C32H42O16/c1-41-19-7-13(3-5-17(19)45-31-27(39)25(37)23(35)21(9-33)47-31)29-15-11-44-30(16(15)12-43-29)14-4-6-18(20(8-14)42-2)46-32-28(40)26(38)24(36)22(10-34)48-32/h3-8,15-16,21-40H,9-12H2,1-2H3/t15-,16-,21-,22+,23-,24-,25+,26+,27-,28-,29-,30-,31-,32-/m1/s1. The fourth-order valence-corrected chi connectivity index (χ4v) is 6.73. The second kappa shape index (κ2) is 14.6. The van der Waals surface area contributed by atoms with Crippen molar-refractivity contribution in [3.8, 4) is 23.0 Å². The normalized spacial score (nSPS) is 39.5. The zero-order valence-corrected chi connectivity index (χ0v) is 26.2. The average Bonchev–Trinajstić information content (AvgIpc) is 3.72. The van der Waals surface area contributed by atoms with Gasteiger partial charge in [0.15, 0.2) is 23.0 Å². The molecule has 0 aliphatic carbocycles. The molecule has 0 radical (unpaired) electrons. The predicted molar refractivity (Wildman–Crippen MR) is 159 cm³/mol. The van der Waals surface area contributed by atoms with Gasteiger partial charge in [-0.1, -0.05) is 12.1 Å². The van der Waals surface area contributed by atoms with Gasteiger partial charge in [-0.05, 0) is 35.4 Å². The van der Waals surface area contributed by atoms with Crippen LogP contribution in [0.5, 0.6) is 23.0 Å². The fourth-order valence-electron chi connectivity index (χ4n) is 6.73. The van der Waals surface area contributed by atoms with E-state index in [0.717, 1.165) is 11.1 Å². The first kappa shape index (κ1) is 35.0. The maximum atomic E-state index is 10.4. The highest BCUT2D eigenvalue weighted by molar-refractivity contribution is 5.46. The Balaban J connectivity index is 1.14. The van der Waals surface area contributed by atoms with Gasteiger partial charge in [-0.15, -0.1) is 0 Å². The minimum absolute atomic E-state index is 0.0204. The molecule has 14 atom stereocenters. The Morgan fingerprint density at radius 1 is 0.562 bits per heavy atom. The second-order valence-electron chi connectivity index (χ2n) is 12.3. The van der Waals surface area contributed by atoms with E-state index in [1.54, 1.807) is 36.4 Å². The van der Waals surface area contributed by atoms with Crippen LogP contribution in [-0.2, 0) is 18.9 Å². The lowest BCUT2D eigenvalue weighted by atomic mass is 9.85. The molecular formula is C32H42O16. The predicted octanol–water partition coefficient (Wildman–Crippen LogP) is -1.86. The monoisotopic (exact) mass is 682 g/mol. The highest BCUT2D eigenvalue weighted by Gasteiger charge is 2.49. The molecule has 4 saturated heterocycles. The Morgan fingerprint density at radius 3 is 1.31 bits per heavy atom. The third-order valence-electron chi connectivity index (χ3n) is 9.48. The minimum Gasteiger partial charge on any atom is -0.493 e. The van der Waals surface area contributed by atoms with Crippen molar-refractivity contribution in [3.63, 3.8) is 0 Å². The molecule has 2 aromatic carbocycles. The summed E-state index contributed by atoms with van der Waals surface area (Å²) >= 11 is 0. The molecule has 4 aliphatic heterocycles. The van der Waals surface area contributed by atoms with Gasteiger partial charge in [0.2, 0.25) is 12.6 Å². The molecular weight excluding hydrogens is 640 g/mol. The number of rotatable bonds is 10. The Labute approximate surface area is 275 Å². The van der Waals surface area contributed by atoms with E-state index in [-0.39, 0.29) is 35.5 Å². The number of aliphatic hydroxyl groups is 8. The average molecular weight is 683 g/mol. The van der Waals surface area contributed by atoms with Crippen LogP contribution in [0.25, 0.3) is 0 Å². The Morgan fingerprint density at radius 2 is 0.958 bits per heavy atom. The van der Waals surface area contributed by atoms with Crippen LogP contribution < -0.4 is 18.9 Å². The van der Waals surface area contributed by atoms with Crippen LogP contribution in [-0.4, -0.2) is 143 Å². The lowest BCUT2D eigenvalue weighted by Crippen LogP contribution is -2.60. The van der Waals surface area contributed by atoms with Gasteiger partial charge >= 0.3 is 0 Å². The highest BCUT2D eigenvalue weighted by Crippen LogP contribution is 2.52. The van der Waals surface area contributed by atoms with Gasteiger partial charge < -0.3 is 78.7 Å². The molecule has 16 heteroatoms. The van der Waals surface area contributed by atoms with Gasteiger partial charge in [-0.25, -0.2) is 0 Å². The molecule has 8 N–H and O–H groups in total. The largest absolute Gasteiger partial charge is 0.493 e. The second-order valence-corrected chi connectivity index (χ2v) is 12.3. The van der Waals surface area contributed by atoms with Gasteiger partial charge in [0.1, 0.15) is 48.8 Å². The van der Waals surface area contributed by atoms with E-state index in [2.05, 4.69) is 0 Å². The maximum absolute atomic E-state index is 10.4. The summed E-state index contributed by atoms with van der Waals surface area (Å²) in [6.45, 7) is -0.371. The number of hydrogen-bond acceptors (Lipinski definition) is 16. The van der Waals surface area contributed by atoms with Crippen molar-refractivity contribution >= 4 is 0 Å². The molecule has 48 heavy (non-hydrogen) atoms. The van der Waals surface area contributed by atoms with Crippen LogP contribution in [0, 0.1) is 11.8 Å². The van der Waals surface area contributed by atoms with Gasteiger partial charge in [-0.3, -0.25) is 0 Å². The maximum Gasteiger partial charge on any atom is 0.229 e. The SMILES string of the molecule is COc1cc([C@H]2OC[C@@H]3[C@H]2CO[C@@H]3c2ccc(O[C@@H]3O[C@H](CO)[C@@H](O)[C@H](O)[C@H]3O)c(OC)c2)ccc1O[C@@H]1O[C@@H](CO)[C@@H](O)[C@H](O)[C@H]1O. The molecule has 0 spiro atoms. The minimum atomic E-state index is -1.59. The number of benzene rings is 2. The van der Waals surface area contributed by atoms with E-state index in [9.17, 15) is 40.9 Å². The van der Waals surface area contributed by atoms with Crippen molar-refractivity contribution in [2.75, 3.05) is 40.6 Å². The van der Waals surface area contributed by atoms with E-state index >= 15 is 0 Å². The fraction of sp³-hybridized carbons (Fsp3) is 0.625. The van der Waals surface area contributed by atoms with E-state index in [4.69, 9.17) is 37.9 Å². The third-order valence-corrected chi connectivity index (χ3v) is 9.48. The summed E-state index contributed by atoms with van der Waals surface area (Å²) in [6, 6.07) is 10.3. The molecule has 4 fully saturated rings. The molecule has 0 amide bonds. The molecule has 266 valence electrons. The molecule has 4 aliphatic rings. The Hall–Kier alpha value is -2.84. The third kappa shape index (κ3) is 6.44. The first-order valence-electron chi connectivity index (χ1n) is 15.6. The smallest absolute Gasteiger partial charge is 0.229 e. The summed E-state index contributed by atoms with van der Waals surface area (Å²) in [7, 11) is 2.90. The highest BCUT2D eigenvalue weighted by atomic mass is 16.7. The van der Waals surface area contributed by atoms with Crippen molar-refractivity contribution in [1.29, 1.82) is 0 Å². The molecule has 0 aromatic heterocycles. The first-order valence-corrected chi connectivity index (χ1v) is 15.6. The Bertz CT molecular complexity index is 1290. The van der Waals surface area contributed by atoms with Crippen LogP contribution >= 0.6 is 0 Å². The van der Waals surface area contributed by atoms with Crippen LogP contribution in [0.3, 0.4) is 0 Å². The summed E-state index contributed by atoms with van der Waals surface area (Å²) in [5.41, 5.74) is 1.59. The molecule has 16 nitrogen and oxygen atoms in total. The summed E-state index contributed by atoms with van der Waals surface area (Å²) in [5, 5.41) is 80.1. The van der Waals surface area contributed by atoms with Gasteiger partial charge in [-0.2, -0.15) is 0 Å². The van der Waals surface area contributed by atoms with Crippen LogP contribution in [0.15, 0.2) is 36.4 Å². The first-order chi connectivity index (χ1) is 23.1. The summed E-state index contributed by atoms with van der Waals surface area (Å²) in [5.74, 6) is 0.997. The van der Waals surface area contributed by atoms with Crippen LogP contribution in [0.4, 0.5) is 0 Å².